The molecule has 5 atom stereocenters. The molecule has 4 nitrogen and oxygen atoms in total. The van der Waals surface area contributed by atoms with Gasteiger partial charge < -0.3 is 13.7 Å². The van der Waals surface area contributed by atoms with Crippen molar-refractivity contribution in [1.29, 1.82) is 0 Å². The molecule has 0 saturated heterocycles. The Morgan fingerprint density at radius 1 is 0.953 bits per heavy atom. The van der Waals surface area contributed by atoms with Crippen LogP contribution >= 0.6 is 12.0 Å². The van der Waals surface area contributed by atoms with E-state index in [2.05, 4.69) is 75.4 Å². The minimum atomic E-state index is -1.82. The van der Waals surface area contributed by atoms with E-state index in [-0.39, 0.29) is 10.6 Å². The molecule has 1 aromatic rings. The molecular formula is C36H66O4SSi2. The topological polar surface area (TPSA) is 36.9 Å². The Balaban J connectivity index is 1.72. The van der Waals surface area contributed by atoms with Crippen LogP contribution in [0, 0.1) is 23.2 Å². The summed E-state index contributed by atoms with van der Waals surface area (Å²) in [4.78, 5) is 5.64. The maximum atomic E-state index is 7.18. The highest BCUT2D eigenvalue weighted by atomic mass is 32.2. The molecule has 2 saturated carbocycles. The van der Waals surface area contributed by atoms with Crippen molar-refractivity contribution >= 4 is 28.7 Å². The second-order valence-electron chi connectivity index (χ2n) is 16.1. The molecule has 0 N–H and O–H groups in total. The summed E-state index contributed by atoms with van der Waals surface area (Å²) in [6, 6.07) is 13.5. The van der Waals surface area contributed by atoms with Gasteiger partial charge in [-0.2, -0.15) is 0 Å². The average molecular weight is 651 g/mol. The lowest BCUT2D eigenvalue weighted by Crippen LogP contribution is -2.50. The highest BCUT2D eigenvalue weighted by Crippen LogP contribution is 2.60. The highest BCUT2D eigenvalue weighted by molar-refractivity contribution is 7.94. The fraction of sp³-hybridized carbons (Fsp3) is 0.833. The van der Waals surface area contributed by atoms with Crippen LogP contribution in [-0.4, -0.2) is 34.1 Å². The molecule has 0 bridgehead atoms. The predicted molar refractivity (Wildman–Crippen MR) is 191 cm³/mol. The Morgan fingerprint density at radius 3 is 2.21 bits per heavy atom. The Hall–Kier alpha value is -0.316. The molecule has 7 heteroatoms. The summed E-state index contributed by atoms with van der Waals surface area (Å²) in [5.74, 6) is 3.67. The van der Waals surface area contributed by atoms with Gasteiger partial charge in [0.1, 0.15) is 0 Å². The molecule has 2 fully saturated rings. The molecular weight excluding hydrogens is 585 g/mol. The Kier molecular flexibility index (Phi) is 13.4. The lowest BCUT2D eigenvalue weighted by molar-refractivity contribution is -0.0785. The average Bonchev–Trinajstić information content (AvgIpc) is 3.30. The van der Waals surface area contributed by atoms with Crippen molar-refractivity contribution in [2.75, 3.05) is 5.75 Å². The van der Waals surface area contributed by atoms with Gasteiger partial charge in [-0.25, -0.2) is 0 Å². The summed E-state index contributed by atoms with van der Waals surface area (Å²) in [6.07, 6.45) is 10.4. The zero-order valence-electron chi connectivity index (χ0n) is 29.7. The van der Waals surface area contributed by atoms with Gasteiger partial charge in [0.2, 0.25) is 0 Å². The highest BCUT2D eigenvalue weighted by Gasteiger charge is 2.55. The molecule has 0 aliphatic heterocycles. The Morgan fingerprint density at radius 2 is 1.60 bits per heavy atom. The summed E-state index contributed by atoms with van der Waals surface area (Å²) >= 11 is 1.50. The summed E-state index contributed by atoms with van der Waals surface area (Å²) in [7, 11) is -3.46. The number of rotatable bonds is 17. The summed E-state index contributed by atoms with van der Waals surface area (Å²) in [5.41, 5.74) is 0.269. The second-order valence-corrected chi connectivity index (χ2v) is 26.3. The van der Waals surface area contributed by atoms with Gasteiger partial charge in [-0.1, -0.05) is 79.5 Å². The molecule has 2 aliphatic carbocycles. The summed E-state index contributed by atoms with van der Waals surface area (Å²) < 4.78 is 19.9. The standard InChI is InChI=1S/C36H66O4SSi2/c1-12-43(13-2,14-3)39-35(7,8)26-18-20-29(28-41-40-37-30-21-16-15-17-22-30)31-24-25-32-33(23-19-27-36(31,32)9)38-42(10,11)34(4,5)6/h15-17,21-22,29,31-33H,12-14,18-20,23-28H2,1-11H3/t29-,31?,32?,33-,36+/m0/s1. The van der Waals surface area contributed by atoms with Crippen LogP contribution in [0.4, 0.5) is 0 Å². The van der Waals surface area contributed by atoms with Crippen LogP contribution in [0.25, 0.3) is 0 Å². The van der Waals surface area contributed by atoms with Crippen molar-refractivity contribution in [3.05, 3.63) is 30.3 Å². The maximum absolute atomic E-state index is 7.18. The van der Waals surface area contributed by atoms with Gasteiger partial charge in [0.05, 0.1) is 5.60 Å². The van der Waals surface area contributed by atoms with E-state index < -0.39 is 16.6 Å². The van der Waals surface area contributed by atoms with Crippen molar-refractivity contribution in [2.24, 2.45) is 23.2 Å². The maximum Gasteiger partial charge on any atom is 0.192 e. The molecule has 0 heterocycles. The van der Waals surface area contributed by atoms with E-state index >= 15 is 0 Å². The SMILES string of the molecule is CC[Si](CC)(CC)OC(C)(C)CCC[C@@H](CSOOc1ccccc1)C1CCC2[C@@H](O[Si](C)(C)C(C)(C)C)CCC[C@]12C. The van der Waals surface area contributed by atoms with Crippen LogP contribution in [0.5, 0.6) is 5.75 Å². The third-order valence-corrected chi connectivity index (χ3v) is 22.0. The second kappa shape index (κ2) is 15.5. The van der Waals surface area contributed by atoms with Gasteiger partial charge >= 0.3 is 0 Å². The van der Waals surface area contributed by atoms with Crippen LogP contribution in [0.1, 0.15) is 114 Å². The Bertz CT molecular complexity index is 953. The van der Waals surface area contributed by atoms with Crippen LogP contribution in [0.2, 0.25) is 36.3 Å². The smallest absolute Gasteiger partial charge is 0.192 e. The zero-order valence-corrected chi connectivity index (χ0v) is 32.5. The molecule has 2 aliphatic rings. The van der Waals surface area contributed by atoms with E-state index in [1.807, 2.05) is 30.3 Å². The molecule has 0 radical (unpaired) electrons. The van der Waals surface area contributed by atoms with E-state index in [0.717, 1.165) is 17.9 Å². The summed E-state index contributed by atoms with van der Waals surface area (Å²) in [6.45, 7) is 26.3. The Labute approximate surface area is 272 Å². The lowest BCUT2D eigenvalue weighted by Gasteiger charge is -2.50. The van der Waals surface area contributed by atoms with Gasteiger partial charge in [-0.3, -0.25) is 0 Å². The van der Waals surface area contributed by atoms with Crippen molar-refractivity contribution in [3.8, 4) is 5.75 Å². The van der Waals surface area contributed by atoms with E-state index in [1.165, 1.54) is 75.1 Å². The number of fused-ring (bicyclic) bond motifs is 1. The monoisotopic (exact) mass is 650 g/mol. The van der Waals surface area contributed by atoms with Crippen LogP contribution in [0.3, 0.4) is 0 Å². The van der Waals surface area contributed by atoms with Gasteiger partial charge in [-0.15, -0.1) is 4.33 Å². The fourth-order valence-corrected chi connectivity index (χ4v) is 13.4. The van der Waals surface area contributed by atoms with E-state index in [0.29, 0.717) is 29.3 Å². The third-order valence-electron chi connectivity index (χ3n) is 11.9. The minimum absolute atomic E-state index is 0.0616. The first-order valence-electron chi connectivity index (χ1n) is 17.5. The van der Waals surface area contributed by atoms with E-state index in [9.17, 15) is 0 Å². The molecule has 248 valence electrons. The first kappa shape index (κ1) is 37.1. The predicted octanol–water partition coefficient (Wildman–Crippen LogP) is 11.8. The summed E-state index contributed by atoms with van der Waals surface area (Å²) in [5, 5.41) is 0.247. The van der Waals surface area contributed by atoms with Crippen LogP contribution in [-0.2, 0) is 13.2 Å². The zero-order chi connectivity index (χ0) is 31.9. The first-order valence-corrected chi connectivity index (χ1v) is 23.9. The first-order chi connectivity index (χ1) is 20.1. The van der Waals surface area contributed by atoms with Gasteiger partial charge in [0, 0.05) is 23.9 Å². The van der Waals surface area contributed by atoms with Crippen molar-refractivity contribution in [1.82, 2.24) is 0 Å². The lowest BCUT2D eigenvalue weighted by atomic mass is 9.61. The number of hydrogen-bond donors (Lipinski definition) is 0. The molecule has 1 aromatic carbocycles. The molecule has 2 unspecified atom stereocenters. The molecule has 0 amide bonds. The third kappa shape index (κ3) is 9.60. The number of para-hydroxylation sites is 1. The fourth-order valence-electron chi connectivity index (χ4n) is 8.08. The largest absolute Gasteiger partial charge is 0.414 e. The normalized spacial score (nSPS) is 25.9. The van der Waals surface area contributed by atoms with Crippen molar-refractivity contribution in [2.45, 2.75) is 162 Å². The number of benzene rings is 1. The van der Waals surface area contributed by atoms with E-state index in [1.54, 1.807) is 0 Å². The minimum Gasteiger partial charge on any atom is -0.414 e. The molecule has 0 aromatic heterocycles. The number of hydrogen-bond acceptors (Lipinski definition) is 5. The molecule has 3 rings (SSSR count). The van der Waals surface area contributed by atoms with E-state index in [4.69, 9.17) is 18.1 Å². The van der Waals surface area contributed by atoms with Crippen LogP contribution < -0.4 is 4.89 Å². The van der Waals surface area contributed by atoms with Crippen molar-refractivity contribution in [3.63, 3.8) is 0 Å². The van der Waals surface area contributed by atoms with Gasteiger partial charge in [0.25, 0.3) is 0 Å². The van der Waals surface area contributed by atoms with Gasteiger partial charge in [-0.05, 0) is 124 Å². The van der Waals surface area contributed by atoms with Crippen LogP contribution in [0.15, 0.2) is 30.3 Å². The quantitative estimate of drug-likeness (QED) is 0.0551. The van der Waals surface area contributed by atoms with Gasteiger partial charge in [0.15, 0.2) is 22.4 Å². The molecule has 0 spiro atoms. The van der Waals surface area contributed by atoms with Crippen molar-refractivity contribution < 1.29 is 18.1 Å². The molecule has 43 heavy (non-hydrogen) atoms.